The summed E-state index contributed by atoms with van der Waals surface area (Å²) in [5.74, 6) is 0.0977. The van der Waals surface area contributed by atoms with E-state index in [1.807, 2.05) is 43.3 Å². The molecule has 1 amide bonds. The van der Waals surface area contributed by atoms with Gasteiger partial charge in [-0.15, -0.1) is 5.10 Å². The summed E-state index contributed by atoms with van der Waals surface area (Å²) < 4.78 is 2.51. The number of carbonyl (C=O) groups excluding carboxylic acids is 1. The second-order valence-electron chi connectivity index (χ2n) is 6.58. The zero-order valence-electron chi connectivity index (χ0n) is 15.7. The van der Waals surface area contributed by atoms with Crippen LogP contribution in [0.3, 0.4) is 0 Å². The van der Waals surface area contributed by atoms with Crippen molar-refractivity contribution in [1.82, 2.24) is 14.8 Å². The van der Waals surface area contributed by atoms with Crippen LogP contribution in [0.2, 0.25) is 10.0 Å². The van der Waals surface area contributed by atoms with E-state index >= 15 is 0 Å². The lowest BCUT2D eigenvalue weighted by Gasteiger charge is -2.08. The number of nitrogens with zero attached hydrogens (tertiary/aromatic N) is 3. The molecule has 0 spiro atoms. The molecule has 3 aromatic carbocycles. The first-order valence-corrected chi connectivity index (χ1v) is 10.5. The fourth-order valence-electron chi connectivity index (χ4n) is 2.84. The molecule has 30 heavy (non-hydrogen) atoms. The van der Waals surface area contributed by atoms with Crippen LogP contribution < -0.4 is 5.32 Å². The largest absolute Gasteiger partial charge is 0.319 e. The Bertz CT molecular complexity index is 1240. The zero-order chi connectivity index (χ0) is 21.3. The molecule has 0 aliphatic heterocycles. The van der Waals surface area contributed by atoms with Crippen molar-refractivity contribution in [1.29, 1.82) is 0 Å². The van der Waals surface area contributed by atoms with Crippen molar-refractivity contribution < 1.29 is 4.79 Å². The highest BCUT2D eigenvalue weighted by Gasteiger charge is 2.19. The maximum atomic E-state index is 12.8. The number of amides is 1. The first-order valence-electron chi connectivity index (χ1n) is 8.97. The lowest BCUT2D eigenvalue weighted by molar-refractivity contribution is 0.101. The van der Waals surface area contributed by atoms with Crippen molar-refractivity contribution in [2.75, 3.05) is 5.32 Å². The third kappa shape index (κ3) is 4.41. The molecule has 0 saturated carbocycles. The highest BCUT2D eigenvalue weighted by atomic mass is 79.9. The highest BCUT2D eigenvalue weighted by Crippen LogP contribution is 2.26. The van der Waals surface area contributed by atoms with Gasteiger partial charge in [0.25, 0.3) is 5.91 Å². The van der Waals surface area contributed by atoms with Crippen LogP contribution in [0.5, 0.6) is 0 Å². The molecule has 1 aromatic heterocycles. The van der Waals surface area contributed by atoms with Crippen molar-refractivity contribution in [3.8, 4) is 17.1 Å². The van der Waals surface area contributed by atoms with Crippen LogP contribution in [0.25, 0.3) is 17.1 Å². The van der Waals surface area contributed by atoms with E-state index in [1.54, 1.807) is 35.0 Å². The minimum atomic E-state index is -0.419. The molecular formula is C22H15BrCl2N4O. The van der Waals surface area contributed by atoms with Crippen molar-refractivity contribution in [2.45, 2.75) is 6.92 Å². The number of carbonyl (C=O) groups is 1. The molecule has 5 nitrogen and oxygen atoms in total. The van der Waals surface area contributed by atoms with E-state index in [2.05, 4.69) is 31.3 Å². The number of anilines is 1. The van der Waals surface area contributed by atoms with Gasteiger partial charge in [0.15, 0.2) is 5.82 Å². The van der Waals surface area contributed by atoms with Crippen molar-refractivity contribution >= 4 is 50.7 Å². The van der Waals surface area contributed by atoms with Crippen molar-refractivity contribution in [3.05, 3.63) is 92.6 Å². The van der Waals surface area contributed by atoms with Gasteiger partial charge in [0.1, 0.15) is 0 Å². The molecule has 0 aliphatic carbocycles. The van der Waals surface area contributed by atoms with Crippen molar-refractivity contribution in [3.63, 3.8) is 0 Å². The minimum Gasteiger partial charge on any atom is -0.319 e. The second kappa shape index (κ2) is 8.60. The Balaban J connectivity index is 1.77. The summed E-state index contributed by atoms with van der Waals surface area (Å²) in [4.78, 5) is 17.3. The first-order chi connectivity index (χ1) is 14.4. The van der Waals surface area contributed by atoms with E-state index in [9.17, 15) is 4.79 Å². The quantitative estimate of drug-likeness (QED) is 0.344. The summed E-state index contributed by atoms with van der Waals surface area (Å²) >= 11 is 15.9. The average molecular weight is 502 g/mol. The Labute approximate surface area is 191 Å². The smallest absolute Gasteiger partial charge is 0.295 e. The molecule has 0 bridgehead atoms. The van der Waals surface area contributed by atoms with Gasteiger partial charge < -0.3 is 5.32 Å². The third-order valence-corrected chi connectivity index (χ3v) is 5.57. The number of rotatable bonds is 4. The van der Waals surface area contributed by atoms with Gasteiger partial charge in [-0.2, -0.15) is 0 Å². The summed E-state index contributed by atoms with van der Waals surface area (Å²) in [5.41, 5.74) is 3.01. The van der Waals surface area contributed by atoms with Crippen LogP contribution in [0.15, 0.2) is 71.2 Å². The molecule has 0 fully saturated rings. The first kappa shape index (κ1) is 20.6. The molecule has 1 heterocycles. The second-order valence-corrected chi connectivity index (χ2v) is 8.33. The summed E-state index contributed by atoms with van der Waals surface area (Å²) in [7, 11) is 0. The van der Waals surface area contributed by atoms with Crippen LogP contribution in [-0.2, 0) is 0 Å². The molecular weight excluding hydrogens is 487 g/mol. The fourth-order valence-corrected chi connectivity index (χ4v) is 3.47. The molecule has 0 atom stereocenters. The summed E-state index contributed by atoms with van der Waals surface area (Å²) in [5, 5.41) is 8.42. The number of aromatic nitrogens is 3. The van der Waals surface area contributed by atoms with Gasteiger partial charge in [0.05, 0.1) is 5.69 Å². The Morgan fingerprint density at radius 2 is 1.80 bits per heavy atom. The van der Waals surface area contributed by atoms with E-state index in [0.717, 1.165) is 15.6 Å². The lowest BCUT2D eigenvalue weighted by Crippen LogP contribution is -2.14. The Morgan fingerprint density at radius 1 is 1.03 bits per heavy atom. The number of hydrogen-bond donors (Lipinski definition) is 1. The van der Waals surface area contributed by atoms with Crippen LogP contribution in [0.4, 0.5) is 5.69 Å². The average Bonchev–Trinajstić information content (AvgIpc) is 3.17. The topological polar surface area (TPSA) is 59.8 Å². The fraction of sp³-hybridized carbons (Fsp3) is 0.0455. The van der Waals surface area contributed by atoms with Gasteiger partial charge in [-0.1, -0.05) is 57.3 Å². The van der Waals surface area contributed by atoms with E-state index < -0.39 is 5.91 Å². The lowest BCUT2D eigenvalue weighted by atomic mass is 10.2. The molecule has 0 saturated heterocycles. The highest BCUT2D eigenvalue weighted by molar-refractivity contribution is 9.10. The van der Waals surface area contributed by atoms with Gasteiger partial charge in [-0.3, -0.25) is 4.79 Å². The third-order valence-electron chi connectivity index (χ3n) is 4.40. The van der Waals surface area contributed by atoms with Crippen LogP contribution in [0, 0.1) is 6.92 Å². The number of hydrogen-bond acceptors (Lipinski definition) is 3. The van der Waals surface area contributed by atoms with E-state index in [-0.39, 0.29) is 5.82 Å². The van der Waals surface area contributed by atoms with Gasteiger partial charge in [-0.25, -0.2) is 9.67 Å². The maximum Gasteiger partial charge on any atom is 0.295 e. The molecule has 4 rings (SSSR count). The Morgan fingerprint density at radius 3 is 2.50 bits per heavy atom. The Kier molecular flexibility index (Phi) is 5.90. The van der Waals surface area contributed by atoms with Gasteiger partial charge >= 0.3 is 0 Å². The van der Waals surface area contributed by atoms with E-state index in [1.165, 1.54) is 0 Å². The number of aryl methyl sites for hydroxylation is 1. The number of halogens is 3. The molecule has 4 aromatic rings. The van der Waals surface area contributed by atoms with E-state index in [0.29, 0.717) is 27.2 Å². The molecule has 0 unspecified atom stereocenters. The van der Waals surface area contributed by atoms with Gasteiger partial charge in [-0.05, 0) is 61.0 Å². The number of nitrogens with one attached hydrogen (secondary N) is 1. The molecule has 0 aliphatic rings. The minimum absolute atomic E-state index is 0.0320. The molecule has 150 valence electrons. The molecule has 0 radical (unpaired) electrons. The summed E-state index contributed by atoms with van der Waals surface area (Å²) in [6.07, 6.45) is 0. The predicted octanol–water partition coefficient (Wildman–Crippen LogP) is 6.56. The molecule has 1 N–H and O–H groups in total. The summed E-state index contributed by atoms with van der Waals surface area (Å²) in [6, 6.07) is 20.0. The normalized spacial score (nSPS) is 10.8. The Hall–Kier alpha value is -2.67. The standard InChI is InChI=1S/C22H15BrCl2N4O/c1-13-5-10-18(12-19(13)25)29-21(14-3-2-4-16(24)11-14)27-20(28-29)22(30)26-17-8-6-15(23)7-9-17/h2-12H,1H3,(H,26,30). The van der Waals surface area contributed by atoms with Crippen molar-refractivity contribution in [2.24, 2.45) is 0 Å². The van der Waals surface area contributed by atoms with Crippen LogP contribution in [0.1, 0.15) is 16.2 Å². The molecule has 8 heteroatoms. The predicted molar refractivity (Wildman–Crippen MR) is 124 cm³/mol. The van der Waals surface area contributed by atoms with Gasteiger partial charge in [0, 0.05) is 25.8 Å². The number of benzene rings is 3. The zero-order valence-corrected chi connectivity index (χ0v) is 18.8. The summed E-state index contributed by atoms with van der Waals surface area (Å²) in [6.45, 7) is 1.92. The van der Waals surface area contributed by atoms with Gasteiger partial charge in [0.2, 0.25) is 5.82 Å². The van der Waals surface area contributed by atoms with Crippen LogP contribution >= 0.6 is 39.1 Å². The monoisotopic (exact) mass is 500 g/mol. The maximum absolute atomic E-state index is 12.8. The SMILES string of the molecule is Cc1ccc(-n2nc(C(=O)Nc3ccc(Br)cc3)nc2-c2cccc(Cl)c2)cc1Cl. The van der Waals surface area contributed by atoms with Crippen LogP contribution in [-0.4, -0.2) is 20.7 Å². The van der Waals surface area contributed by atoms with E-state index in [4.69, 9.17) is 23.2 Å².